The number of cyclic esters (lactones) is 1. The van der Waals surface area contributed by atoms with Crippen molar-refractivity contribution >= 4 is 56.5 Å². The van der Waals surface area contributed by atoms with E-state index in [4.69, 9.17) is 9.47 Å². The third-order valence-corrected chi connectivity index (χ3v) is 6.63. The van der Waals surface area contributed by atoms with E-state index in [1.54, 1.807) is 30.3 Å². The zero-order valence-corrected chi connectivity index (χ0v) is 19.2. The highest BCUT2D eigenvalue weighted by Crippen LogP contribution is 2.25. The highest BCUT2D eigenvalue weighted by molar-refractivity contribution is 14.1. The third-order valence-electron chi connectivity index (χ3n) is 4.29. The number of rotatable bonds is 5. The molecule has 0 saturated carbocycles. The lowest BCUT2D eigenvalue weighted by Gasteiger charge is -2.06. The third kappa shape index (κ3) is 4.96. The van der Waals surface area contributed by atoms with Gasteiger partial charge in [-0.3, -0.25) is 0 Å². The molecule has 1 aliphatic rings. The second-order valence-electron chi connectivity index (χ2n) is 6.45. The minimum Gasteiger partial charge on any atom is -0.489 e. The molecule has 4 rings (SSSR count). The molecule has 1 aliphatic heterocycles. The van der Waals surface area contributed by atoms with Gasteiger partial charge in [0.25, 0.3) is 0 Å². The van der Waals surface area contributed by atoms with Gasteiger partial charge in [-0.25, -0.2) is 14.2 Å². The largest absolute Gasteiger partial charge is 0.489 e. The van der Waals surface area contributed by atoms with Crippen molar-refractivity contribution in [2.45, 2.75) is 6.61 Å². The second kappa shape index (κ2) is 9.09. The van der Waals surface area contributed by atoms with E-state index >= 15 is 0 Å². The summed E-state index contributed by atoms with van der Waals surface area (Å²) < 4.78 is 25.9. The van der Waals surface area contributed by atoms with Crippen LogP contribution in [0.2, 0.25) is 0 Å². The van der Waals surface area contributed by atoms with Gasteiger partial charge >= 0.3 is 5.97 Å². The predicted molar refractivity (Wildman–Crippen MR) is 125 cm³/mol. The number of carbonyl (C=O) groups is 1. The molecule has 0 fully saturated rings. The van der Waals surface area contributed by atoms with E-state index in [-0.39, 0.29) is 17.4 Å². The first-order valence-corrected chi connectivity index (χ1v) is 10.8. The zero-order chi connectivity index (χ0) is 21.1. The Labute approximate surface area is 194 Å². The van der Waals surface area contributed by atoms with E-state index in [0.29, 0.717) is 12.4 Å². The molecule has 30 heavy (non-hydrogen) atoms. The van der Waals surface area contributed by atoms with Gasteiger partial charge in [0.2, 0.25) is 5.90 Å². The topological polar surface area (TPSA) is 47.9 Å². The van der Waals surface area contributed by atoms with Crippen LogP contribution in [0.5, 0.6) is 5.75 Å². The van der Waals surface area contributed by atoms with Crippen molar-refractivity contribution in [1.29, 1.82) is 0 Å². The fourth-order valence-electron chi connectivity index (χ4n) is 2.73. The molecule has 0 N–H and O–H groups in total. The number of ether oxygens (including phenoxy) is 2. The van der Waals surface area contributed by atoms with Crippen LogP contribution >= 0.6 is 38.5 Å². The van der Waals surface area contributed by atoms with Crippen molar-refractivity contribution < 1.29 is 18.7 Å². The molecule has 0 bridgehead atoms. The normalized spacial score (nSPS) is 14.6. The Morgan fingerprint density at radius 1 is 1.07 bits per heavy atom. The molecule has 0 unspecified atom stereocenters. The molecule has 1 heterocycles. The maximum absolute atomic E-state index is 13.0. The standard InChI is InChI=1S/C23H14BrFINO3/c24-19-12-16(5-10-20(19)26)22-27-21(23(28)30-22)11-14-3-8-18(9-4-14)29-13-15-1-6-17(25)7-2-15/h1-12H,13H2/b21-11-. The van der Waals surface area contributed by atoms with Gasteiger partial charge in [-0.1, -0.05) is 24.3 Å². The lowest BCUT2D eigenvalue weighted by molar-refractivity contribution is -0.129. The molecule has 150 valence electrons. The molecule has 0 spiro atoms. The van der Waals surface area contributed by atoms with Gasteiger partial charge in [0.1, 0.15) is 18.2 Å². The fourth-order valence-corrected chi connectivity index (χ4v) is 3.44. The molecular weight excluding hydrogens is 564 g/mol. The quantitative estimate of drug-likeness (QED) is 0.209. The van der Waals surface area contributed by atoms with Gasteiger partial charge in [0, 0.05) is 13.6 Å². The number of hydrogen-bond acceptors (Lipinski definition) is 4. The Bertz CT molecular complexity index is 1160. The summed E-state index contributed by atoms with van der Waals surface area (Å²) in [5.41, 5.74) is 2.63. The first kappa shape index (κ1) is 20.7. The first-order valence-electron chi connectivity index (χ1n) is 8.93. The highest BCUT2D eigenvalue weighted by Gasteiger charge is 2.24. The van der Waals surface area contributed by atoms with Crippen molar-refractivity contribution in [3.63, 3.8) is 0 Å². The number of nitrogens with zero attached hydrogens (tertiary/aromatic N) is 1. The SMILES string of the molecule is O=C1OC(c2ccc(I)c(Br)c2)=N/C1=C\c1ccc(OCc2ccc(F)cc2)cc1. The van der Waals surface area contributed by atoms with Crippen LogP contribution in [0, 0.1) is 9.39 Å². The van der Waals surface area contributed by atoms with Crippen LogP contribution < -0.4 is 4.74 Å². The Hall–Kier alpha value is -2.52. The molecule has 3 aromatic rings. The molecule has 7 heteroatoms. The molecule has 0 radical (unpaired) electrons. The molecule has 0 atom stereocenters. The summed E-state index contributed by atoms with van der Waals surface area (Å²) in [7, 11) is 0. The molecule has 0 aliphatic carbocycles. The summed E-state index contributed by atoms with van der Waals surface area (Å²) in [6, 6.07) is 19.1. The van der Waals surface area contributed by atoms with E-state index < -0.39 is 5.97 Å². The van der Waals surface area contributed by atoms with Gasteiger partial charge in [0.05, 0.1) is 0 Å². The van der Waals surface area contributed by atoms with Gasteiger partial charge in [-0.15, -0.1) is 0 Å². The van der Waals surface area contributed by atoms with E-state index in [1.807, 2.05) is 30.3 Å². The van der Waals surface area contributed by atoms with Gasteiger partial charge in [-0.2, -0.15) is 0 Å². The number of aliphatic imine (C=N–C) groups is 1. The van der Waals surface area contributed by atoms with Crippen LogP contribution in [-0.4, -0.2) is 11.9 Å². The monoisotopic (exact) mass is 577 g/mol. The van der Waals surface area contributed by atoms with Gasteiger partial charge in [-0.05, 0) is 98.2 Å². The number of benzene rings is 3. The Kier molecular flexibility index (Phi) is 6.29. The Morgan fingerprint density at radius 2 is 1.80 bits per heavy atom. The number of halogens is 3. The number of esters is 1. The van der Waals surface area contributed by atoms with E-state index in [9.17, 15) is 9.18 Å². The average molecular weight is 578 g/mol. The van der Waals surface area contributed by atoms with Crippen LogP contribution in [0.4, 0.5) is 4.39 Å². The van der Waals surface area contributed by atoms with Crippen LogP contribution in [0.25, 0.3) is 6.08 Å². The van der Waals surface area contributed by atoms with Crippen LogP contribution in [-0.2, 0) is 16.1 Å². The summed E-state index contributed by atoms with van der Waals surface area (Å²) in [5, 5.41) is 0. The summed E-state index contributed by atoms with van der Waals surface area (Å²) in [6.45, 7) is 0.340. The van der Waals surface area contributed by atoms with Crippen molar-refractivity contribution in [3.8, 4) is 5.75 Å². The van der Waals surface area contributed by atoms with Crippen molar-refractivity contribution in [2.24, 2.45) is 4.99 Å². The molecule has 0 amide bonds. The zero-order valence-electron chi connectivity index (χ0n) is 15.4. The second-order valence-corrected chi connectivity index (χ2v) is 8.47. The summed E-state index contributed by atoms with van der Waals surface area (Å²) in [6.07, 6.45) is 1.67. The lowest BCUT2D eigenvalue weighted by atomic mass is 10.2. The summed E-state index contributed by atoms with van der Waals surface area (Å²) in [4.78, 5) is 16.5. The van der Waals surface area contributed by atoms with Gasteiger partial charge < -0.3 is 9.47 Å². The van der Waals surface area contributed by atoms with Gasteiger partial charge in [0.15, 0.2) is 5.70 Å². The van der Waals surface area contributed by atoms with E-state index in [0.717, 1.165) is 24.7 Å². The number of hydrogen-bond donors (Lipinski definition) is 0. The molecule has 3 aromatic carbocycles. The van der Waals surface area contributed by atoms with Crippen LogP contribution in [0.1, 0.15) is 16.7 Å². The first-order chi connectivity index (χ1) is 14.5. The molecule has 0 aromatic heterocycles. The maximum Gasteiger partial charge on any atom is 0.363 e. The van der Waals surface area contributed by atoms with E-state index in [2.05, 4.69) is 43.5 Å². The van der Waals surface area contributed by atoms with Crippen molar-refractivity contribution in [2.75, 3.05) is 0 Å². The van der Waals surface area contributed by atoms with E-state index in [1.165, 1.54) is 12.1 Å². The average Bonchev–Trinajstić information content (AvgIpc) is 3.11. The summed E-state index contributed by atoms with van der Waals surface area (Å²) in [5.74, 6) is 0.185. The highest BCUT2D eigenvalue weighted by atomic mass is 127. The maximum atomic E-state index is 13.0. The number of carbonyl (C=O) groups excluding carboxylic acids is 1. The minimum absolute atomic E-state index is 0.236. The van der Waals surface area contributed by atoms with Crippen LogP contribution in [0.3, 0.4) is 0 Å². The molecule has 0 saturated heterocycles. The Morgan fingerprint density at radius 3 is 2.50 bits per heavy atom. The fraction of sp³-hybridized carbons (Fsp3) is 0.0435. The molecule has 4 nitrogen and oxygen atoms in total. The smallest absolute Gasteiger partial charge is 0.363 e. The van der Waals surface area contributed by atoms with Crippen molar-refractivity contribution in [1.82, 2.24) is 0 Å². The molecular formula is C23H14BrFINO3. The van der Waals surface area contributed by atoms with Crippen molar-refractivity contribution in [3.05, 3.63) is 103 Å². The minimum atomic E-state index is -0.490. The summed E-state index contributed by atoms with van der Waals surface area (Å²) >= 11 is 5.68. The predicted octanol–water partition coefficient (Wildman–Crippen LogP) is 6.12. The Balaban J connectivity index is 1.46. The lowest BCUT2D eigenvalue weighted by Crippen LogP contribution is -2.05. The van der Waals surface area contributed by atoms with Crippen LogP contribution in [0.15, 0.2) is 81.9 Å².